The van der Waals surface area contributed by atoms with Crippen LogP contribution in [0.15, 0.2) is 54.6 Å². The molecule has 5 nitrogen and oxygen atoms in total. The van der Waals surface area contributed by atoms with Gasteiger partial charge in [-0.2, -0.15) is 0 Å². The molecule has 0 aliphatic carbocycles. The molecule has 3 N–H and O–H groups in total. The van der Waals surface area contributed by atoms with E-state index in [1.54, 1.807) is 12.1 Å². The van der Waals surface area contributed by atoms with Crippen molar-refractivity contribution in [3.05, 3.63) is 71.3 Å². The topological polar surface area (TPSA) is 78.8 Å². The summed E-state index contributed by atoms with van der Waals surface area (Å²) in [5.74, 6) is -0.121. The third-order valence-corrected chi connectivity index (χ3v) is 3.66. The number of rotatable bonds is 9. The largest absolute Gasteiger partial charge is 0.364 e. The first-order valence-corrected chi connectivity index (χ1v) is 8.04. The number of amides is 1. The van der Waals surface area contributed by atoms with Gasteiger partial charge >= 0.3 is 0 Å². The van der Waals surface area contributed by atoms with E-state index in [-0.39, 0.29) is 5.91 Å². The number of carbonyl (C=O) groups excluding carboxylic acids is 1. The molecule has 24 heavy (non-hydrogen) atoms. The van der Waals surface area contributed by atoms with Gasteiger partial charge in [-0.25, -0.2) is 5.48 Å². The lowest BCUT2D eigenvalue weighted by atomic mass is 10.0. The van der Waals surface area contributed by atoms with Crippen LogP contribution >= 0.6 is 0 Å². The summed E-state index contributed by atoms with van der Waals surface area (Å²) in [5.41, 5.74) is 5.06. The molecule has 128 valence electrons. The second-order valence-electron chi connectivity index (χ2n) is 5.62. The normalized spacial score (nSPS) is 10.8. The summed E-state index contributed by atoms with van der Waals surface area (Å²) >= 11 is 0. The molecule has 0 radical (unpaired) electrons. The number of hydrogen-bond donors (Lipinski definition) is 3. The highest BCUT2D eigenvalue weighted by Crippen LogP contribution is 2.13. The lowest BCUT2D eigenvalue weighted by molar-refractivity contribution is -0.134. The highest BCUT2D eigenvalue weighted by Gasteiger charge is 2.04. The van der Waals surface area contributed by atoms with Gasteiger partial charge in [-0.15, -0.1) is 0 Å². The third-order valence-electron chi connectivity index (χ3n) is 3.66. The fraction of sp³-hybridized carbons (Fsp3) is 0.316. The van der Waals surface area contributed by atoms with Crippen LogP contribution in [0.3, 0.4) is 0 Å². The summed E-state index contributed by atoms with van der Waals surface area (Å²) in [5, 5.41) is 18.1. The molecule has 0 aliphatic heterocycles. The molecule has 0 bridgehead atoms. The molecule has 2 rings (SSSR count). The van der Waals surface area contributed by atoms with Crippen molar-refractivity contribution >= 4 is 5.91 Å². The van der Waals surface area contributed by atoms with Crippen molar-refractivity contribution in [1.29, 1.82) is 0 Å². The molecule has 1 amide bonds. The van der Waals surface area contributed by atoms with Crippen molar-refractivity contribution in [3.63, 3.8) is 0 Å². The van der Waals surface area contributed by atoms with Gasteiger partial charge in [0, 0.05) is 12.0 Å². The van der Waals surface area contributed by atoms with Crippen molar-refractivity contribution in [1.82, 2.24) is 5.48 Å². The van der Waals surface area contributed by atoms with Gasteiger partial charge < -0.3 is 10.2 Å². The Labute approximate surface area is 141 Å². The Bertz CT molecular complexity index is 611. The molecule has 0 spiro atoms. The van der Waals surface area contributed by atoms with Gasteiger partial charge in [0.05, 0.1) is 6.61 Å². The van der Waals surface area contributed by atoms with Gasteiger partial charge in [0.2, 0.25) is 5.91 Å². The van der Waals surface area contributed by atoms with Crippen molar-refractivity contribution in [2.75, 3.05) is 0 Å². The average Bonchev–Trinajstić information content (AvgIpc) is 2.60. The van der Waals surface area contributed by atoms with Crippen LogP contribution in [-0.2, 0) is 22.7 Å². The van der Waals surface area contributed by atoms with Crippen LogP contribution in [0.1, 0.15) is 42.2 Å². The van der Waals surface area contributed by atoms with Crippen LogP contribution in [0, 0.1) is 0 Å². The van der Waals surface area contributed by atoms with E-state index in [0.29, 0.717) is 18.6 Å². The first-order chi connectivity index (χ1) is 11.6. The zero-order chi connectivity index (χ0) is 17.2. The minimum atomic E-state index is -1.43. The number of hydrogen-bond acceptors (Lipinski definition) is 4. The fourth-order valence-electron chi connectivity index (χ4n) is 2.30. The maximum atomic E-state index is 11.7. The molecule has 0 atom stereocenters. The number of aliphatic hydroxyl groups excluding tert-OH is 1. The van der Waals surface area contributed by atoms with Crippen LogP contribution in [-0.4, -0.2) is 16.1 Å². The van der Waals surface area contributed by atoms with Crippen LogP contribution in [0.25, 0.3) is 0 Å². The number of aliphatic hydroxyl groups is 2. The van der Waals surface area contributed by atoms with E-state index in [4.69, 9.17) is 15.1 Å². The molecule has 2 aromatic carbocycles. The minimum absolute atomic E-state index is 0.121. The fourth-order valence-corrected chi connectivity index (χ4v) is 2.30. The quantitative estimate of drug-likeness (QED) is 0.375. The molecule has 0 fully saturated rings. The summed E-state index contributed by atoms with van der Waals surface area (Å²) in [6.07, 6.45) is 1.49. The minimum Gasteiger partial charge on any atom is -0.364 e. The Balaban J connectivity index is 1.57. The van der Waals surface area contributed by atoms with Gasteiger partial charge in [-0.05, 0) is 30.4 Å². The number of unbranched alkanes of at least 4 members (excludes halogenated alkanes) is 1. The summed E-state index contributed by atoms with van der Waals surface area (Å²) in [4.78, 5) is 16.9. The number of carbonyl (C=O) groups is 1. The monoisotopic (exact) mass is 329 g/mol. The summed E-state index contributed by atoms with van der Waals surface area (Å²) in [6, 6.07) is 16.8. The van der Waals surface area contributed by atoms with E-state index in [9.17, 15) is 4.79 Å². The van der Waals surface area contributed by atoms with Crippen molar-refractivity contribution in [3.8, 4) is 0 Å². The lowest BCUT2D eigenvalue weighted by Gasteiger charge is -2.07. The molecular formula is C19H23NO4. The summed E-state index contributed by atoms with van der Waals surface area (Å²) < 4.78 is 0. The van der Waals surface area contributed by atoms with E-state index < -0.39 is 6.29 Å². The highest BCUT2D eigenvalue weighted by atomic mass is 16.6. The van der Waals surface area contributed by atoms with Crippen molar-refractivity contribution in [2.24, 2.45) is 0 Å². The molecule has 0 aliphatic rings. The summed E-state index contributed by atoms with van der Waals surface area (Å²) in [7, 11) is 0. The lowest BCUT2D eigenvalue weighted by Crippen LogP contribution is -2.23. The Morgan fingerprint density at radius 2 is 1.67 bits per heavy atom. The van der Waals surface area contributed by atoms with E-state index in [0.717, 1.165) is 30.4 Å². The number of hydroxylamine groups is 1. The number of aryl methyl sites for hydroxylation is 1. The molecule has 0 aromatic heterocycles. The van der Waals surface area contributed by atoms with Crippen LogP contribution < -0.4 is 5.48 Å². The molecule has 0 heterocycles. The number of nitrogens with one attached hydrogen (secondary N) is 1. The van der Waals surface area contributed by atoms with Crippen LogP contribution in [0.4, 0.5) is 0 Å². The average molecular weight is 329 g/mol. The molecular weight excluding hydrogens is 306 g/mol. The predicted molar refractivity (Wildman–Crippen MR) is 90.5 cm³/mol. The van der Waals surface area contributed by atoms with E-state index in [2.05, 4.69) is 5.48 Å². The Morgan fingerprint density at radius 3 is 2.33 bits per heavy atom. The Morgan fingerprint density at radius 1 is 0.958 bits per heavy atom. The van der Waals surface area contributed by atoms with Gasteiger partial charge in [-0.3, -0.25) is 9.63 Å². The maximum Gasteiger partial charge on any atom is 0.243 e. The zero-order valence-corrected chi connectivity index (χ0v) is 13.5. The highest BCUT2D eigenvalue weighted by molar-refractivity contribution is 5.74. The van der Waals surface area contributed by atoms with E-state index in [1.807, 2.05) is 42.5 Å². The molecule has 0 unspecified atom stereocenters. The number of benzene rings is 2. The standard InChI is InChI=1S/C19H23NO4/c21-18(20-24-14-16-7-2-1-3-8-16)9-5-4-6-15-10-12-17(13-11-15)19(22)23/h1-3,7-8,10-13,19,22-23H,4-6,9,14H2,(H,20,21). The van der Waals surface area contributed by atoms with E-state index in [1.165, 1.54) is 0 Å². The summed E-state index contributed by atoms with van der Waals surface area (Å²) in [6.45, 7) is 0.357. The Kier molecular flexibility index (Phi) is 7.42. The first kappa shape index (κ1) is 18.1. The second kappa shape index (κ2) is 9.82. The third kappa shape index (κ3) is 6.50. The van der Waals surface area contributed by atoms with Gasteiger partial charge in [0.1, 0.15) is 0 Å². The first-order valence-electron chi connectivity index (χ1n) is 8.04. The van der Waals surface area contributed by atoms with Gasteiger partial charge in [0.25, 0.3) is 0 Å². The van der Waals surface area contributed by atoms with Crippen molar-refractivity contribution < 1.29 is 19.8 Å². The predicted octanol–water partition coefficient (Wildman–Crippen LogP) is 2.63. The second-order valence-corrected chi connectivity index (χ2v) is 5.62. The van der Waals surface area contributed by atoms with Gasteiger partial charge in [0.15, 0.2) is 6.29 Å². The van der Waals surface area contributed by atoms with Crippen LogP contribution in [0.2, 0.25) is 0 Å². The zero-order valence-electron chi connectivity index (χ0n) is 13.5. The van der Waals surface area contributed by atoms with Crippen LogP contribution in [0.5, 0.6) is 0 Å². The smallest absolute Gasteiger partial charge is 0.243 e. The molecule has 2 aromatic rings. The SMILES string of the molecule is O=C(CCCCc1ccc(C(O)O)cc1)NOCc1ccccc1. The molecule has 0 saturated heterocycles. The van der Waals surface area contributed by atoms with Crippen molar-refractivity contribution in [2.45, 2.75) is 38.6 Å². The van der Waals surface area contributed by atoms with Gasteiger partial charge in [-0.1, -0.05) is 54.6 Å². The Hall–Kier alpha value is -2.21. The van der Waals surface area contributed by atoms with E-state index >= 15 is 0 Å². The molecule has 5 heteroatoms. The maximum absolute atomic E-state index is 11.7. The molecule has 0 saturated carbocycles.